The summed E-state index contributed by atoms with van der Waals surface area (Å²) in [6.45, 7) is 5.02. The molecule has 2 rings (SSSR count). The maximum atomic E-state index is 12.8. The van der Waals surface area contributed by atoms with Crippen LogP contribution < -0.4 is 0 Å². The van der Waals surface area contributed by atoms with Gasteiger partial charge in [-0.1, -0.05) is 12.8 Å². The highest BCUT2D eigenvalue weighted by Gasteiger charge is 2.31. The number of nitrogens with zero attached hydrogens (tertiary/aromatic N) is 2. The van der Waals surface area contributed by atoms with Crippen LogP contribution >= 0.6 is 0 Å². The Hall–Kier alpha value is -0.850. The summed E-state index contributed by atoms with van der Waals surface area (Å²) in [5.74, 6) is 0. The van der Waals surface area contributed by atoms with E-state index in [2.05, 4.69) is 0 Å². The number of aliphatic hydroxyl groups excluding tert-OH is 1. The van der Waals surface area contributed by atoms with Crippen LogP contribution in [0.5, 0.6) is 0 Å². The predicted octanol–water partition coefficient (Wildman–Crippen LogP) is 1.95. The topological polar surface area (TPSA) is 62.5 Å². The van der Waals surface area contributed by atoms with E-state index in [1.165, 1.54) is 0 Å². The summed E-state index contributed by atoms with van der Waals surface area (Å²) in [6, 6.07) is 1.64. The molecule has 114 valence electrons. The molecule has 0 aromatic carbocycles. The van der Waals surface area contributed by atoms with Gasteiger partial charge in [-0.2, -0.15) is 4.31 Å². The lowest BCUT2D eigenvalue weighted by molar-refractivity contribution is 0.271. The summed E-state index contributed by atoms with van der Waals surface area (Å²) < 4.78 is 29.0. The van der Waals surface area contributed by atoms with Gasteiger partial charge in [0.2, 0.25) is 10.0 Å². The lowest BCUT2D eigenvalue weighted by Gasteiger charge is -2.25. The van der Waals surface area contributed by atoms with Gasteiger partial charge in [-0.3, -0.25) is 0 Å². The molecule has 1 fully saturated rings. The highest BCUT2D eigenvalue weighted by molar-refractivity contribution is 7.89. The fraction of sp³-hybridized carbons (Fsp3) is 0.714. The Labute approximate surface area is 121 Å². The van der Waals surface area contributed by atoms with Crippen LogP contribution in [0.3, 0.4) is 0 Å². The van der Waals surface area contributed by atoms with Crippen molar-refractivity contribution in [2.75, 3.05) is 6.54 Å². The van der Waals surface area contributed by atoms with Crippen LogP contribution in [0.1, 0.15) is 45.2 Å². The number of hydrogen-bond acceptors (Lipinski definition) is 3. The van der Waals surface area contributed by atoms with Crippen molar-refractivity contribution in [3.05, 3.63) is 18.0 Å². The van der Waals surface area contributed by atoms with Gasteiger partial charge >= 0.3 is 0 Å². The minimum Gasteiger partial charge on any atom is -0.390 e. The maximum Gasteiger partial charge on any atom is 0.244 e. The Bertz CT molecular complexity index is 529. The molecule has 20 heavy (non-hydrogen) atoms. The van der Waals surface area contributed by atoms with Gasteiger partial charge in [-0.15, -0.1) is 0 Å². The first kappa shape index (κ1) is 15.5. The van der Waals surface area contributed by atoms with E-state index < -0.39 is 10.0 Å². The largest absolute Gasteiger partial charge is 0.390 e. The molecule has 0 aliphatic carbocycles. The Morgan fingerprint density at radius 1 is 1.35 bits per heavy atom. The summed E-state index contributed by atoms with van der Waals surface area (Å²) in [5.41, 5.74) is 0.647. The molecule has 1 atom stereocenters. The van der Waals surface area contributed by atoms with E-state index in [0.29, 0.717) is 23.7 Å². The van der Waals surface area contributed by atoms with Crippen molar-refractivity contribution in [1.82, 2.24) is 8.87 Å². The molecule has 0 saturated carbocycles. The van der Waals surface area contributed by atoms with E-state index in [1.54, 1.807) is 21.1 Å². The zero-order chi connectivity index (χ0) is 14.8. The first-order valence-electron chi connectivity index (χ1n) is 7.32. The highest BCUT2D eigenvalue weighted by Crippen LogP contribution is 2.26. The van der Waals surface area contributed by atoms with Crippen LogP contribution in [-0.2, 0) is 23.2 Å². The monoisotopic (exact) mass is 300 g/mol. The molecular formula is C14H24N2O3S. The third-order valence-corrected chi connectivity index (χ3v) is 6.04. The Morgan fingerprint density at radius 2 is 2.10 bits per heavy atom. The second kappa shape index (κ2) is 6.28. The van der Waals surface area contributed by atoms with Crippen LogP contribution in [0, 0.1) is 0 Å². The lowest BCUT2D eigenvalue weighted by atomic mass is 10.1. The number of sulfonamides is 1. The van der Waals surface area contributed by atoms with Gasteiger partial charge in [0.15, 0.2) is 0 Å². The second-order valence-corrected chi connectivity index (χ2v) is 7.32. The second-order valence-electron chi connectivity index (χ2n) is 5.43. The van der Waals surface area contributed by atoms with E-state index in [4.69, 9.17) is 0 Å². The summed E-state index contributed by atoms with van der Waals surface area (Å²) in [7, 11) is -3.46. The normalized spacial score (nSPS) is 21.9. The zero-order valence-electron chi connectivity index (χ0n) is 12.2. The molecule has 1 N–H and O–H groups in total. The quantitative estimate of drug-likeness (QED) is 0.924. The van der Waals surface area contributed by atoms with E-state index in [1.807, 2.05) is 13.8 Å². The number of aromatic nitrogens is 1. The van der Waals surface area contributed by atoms with Crippen LogP contribution in [-0.4, -0.2) is 35.0 Å². The smallest absolute Gasteiger partial charge is 0.244 e. The Morgan fingerprint density at radius 3 is 2.70 bits per heavy atom. The molecule has 1 saturated heterocycles. The van der Waals surface area contributed by atoms with Gasteiger partial charge in [0.25, 0.3) is 0 Å². The fourth-order valence-corrected chi connectivity index (χ4v) is 4.60. The molecule has 0 bridgehead atoms. The molecule has 1 aliphatic heterocycles. The van der Waals surface area contributed by atoms with Crippen molar-refractivity contribution >= 4 is 10.0 Å². The number of aliphatic hydroxyl groups is 1. The van der Waals surface area contributed by atoms with E-state index in [9.17, 15) is 13.5 Å². The predicted molar refractivity (Wildman–Crippen MR) is 77.9 cm³/mol. The van der Waals surface area contributed by atoms with E-state index in [0.717, 1.165) is 25.7 Å². The van der Waals surface area contributed by atoms with Gasteiger partial charge in [-0.05, 0) is 32.8 Å². The third-order valence-electron chi connectivity index (χ3n) is 4.06. The summed E-state index contributed by atoms with van der Waals surface area (Å²) in [5, 5.41) is 9.31. The molecule has 0 spiro atoms. The van der Waals surface area contributed by atoms with Crippen LogP contribution in [0.25, 0.3) is 0 Å². The summed E-state index contributed by atoms with van der Waals surface area (Å²) in [4.78, 5) is 0.303. The average molecular weight is 300 g/mol. The van der Waals surface area contributed by atoms with Crippen molar-refractivity contribution in [2.45, 2.75) is 63.6 Å². The molecule has 6 heteroatoms. The lowest BCUT2D eigenvalue weighted by Crippen LogP contribution is -2.38. The van der Waals surface area contributed by atoms with Crippen molar-refractivity contribution in [3.63, 3.8) is 0 Å². The van der Waals surface area contributed by atoms with Crippen LogP contribution in [0.2, 0.25) is 0 Å². The van der Waals surface area contributed by atoms with Crippen molar-refractivity contribution in [3.8, 4) is 0 Å². The molecule has 1 aromatic heterocycles. The van der Waals surface area contributed by atoms with Gasteiger partial charge in [0.05, 0.1) is 6.61 Å². The molecule has 1 unspecified atom stereocenters. The number of hydrogen-bond donors (Lipinski definition) is 1. The third kappa shape index (κ3) is 2.92. The van der Waals surface area contributed by atoms with E-state index >= 15 is 0 Å². The van der Waals surface area contributed by atoms with Gasteiger partial charge in [0, 0.05) is 31.0 Å². The van der Waals surface area contributed by atoms with Crippen LogP contribution in [0.15, 0.2) is 17.2 Å². The van der Waals surface area contributed by atoms with Crippen molar-refractivity contribution in [1.29, 1.82) is 0 Å². The first-order chi connectivity index (χ1) is 9.50. The van der Waals surface area contributed by atoms with E-state index in [-0.39, 0.29) is 12.6 Å². The van der Waals surface area contributed by atoms with Crippen LogP contribution in [0.4, 0.5) is 0 Å². The Balaban J connectivity index is 2.35. The minimum atomic E-state index is -3.46. The molecular weight excluding hydrogens is 276 g/mol. The van der Waals surface area contributed by atoms with Crippen molar-refractivity contribution < 1.29 is 13.5 Å². The summed E-state index contributed by atoms with van der Waals surface area (Å²) >= 11 is 0. The first-order valence-corrected chi connectivity index (χ1v) is 8.76. The van der Waals surface area contributed by atoms with Gasteiger partial charge < -0.3 is 9.67 Å². The summed E-state index contributed by atoms with van der Waals surface area (Å²) in [6.07, 6.45) is 5.66. The SMILES string of the molecule is CCn1cc(S(=O)(=O)N2CCCCCC2C)cc1CO. The number of aryl methyl sites for hydroxylation is 1. The molecule has 1 aromatic rings. The molecule has 0 amide bonds. The molecule has 0 radical (unpaired) electrons. The minimum absolute atomic E-state index is 0.0463. The Kier molecular flexibility index (Phi) is 4.88. The van der Waals surface area contributed by atoms with Gasteiger partial charge in [0.1, 0.15) is 4.90 Å². The zero-order valence-corrected chi connectivity index (χ0v) is 13.1. The fourth-order valence-electron chi connectivity index (χ4n) is 2.83. The highest BCUT2D eigenvalue weighted by atomic mass is 32.2. The van der Waals surface area contributed by atoms with Crippen molar-refractivity contribution in [2.24, 2.45) is 0 Å². The maximum absolute atomic E-state index is 12.8. The average Bonchev–Trinajstić information content (AvgIpc) is 2.74. The molecule has 5 nitrogen and oxygen atoms in total. The molecule has 2 heterocycles. The standard InChI is InChI=1S/C14H24N2O3S/c1-3-15-10-14(9-13(15)11-17)20(18,19)16-8-6-4-5-7-12(16)2/h9-10,12,17H,3-8,11H2,1-2H3. The number of rotatable bonds is 4. The van der Waals surface area contributed by atoms with Gasteiger partial charge in [-0.25, -0.2) is 8.42 Å². The molecule has 1 aliphatic rings.